The number of hydrogen-bond acceptors (Lipinski definition) is 3. The first-order chi connectivity index (χ1) is 8.34. The summed E-state index contributed by atoms with van der Waals surface area (Å²) in [5.74, 6) is 0. The van der Waals surface area contributed by atoms with Gasteiger partial charge in [0.15, 0.2) is 0 Å². The molecule has 2 amide bonds. The van der Waals surface area contributed by atoms with Gasteiger partial charge in [0, 0.05) is 24.3 Å². The molecule has 0 fully saturated rings. The van der Waals surface area contributed by atoms with Crippen molar-refractivity contribution in [2.24, 2.45) is 0 Å². The largest absolute Gasteiger partial charge is 0.332 e. The fourth-order valence-electron chi connectivity index (χ4n) is 1.28. The number of carbonyl (C=O) groups excluding carboxylic acids is 1. The van der Waals surface area contributed by atoms with E-state index in [1.54, 1.807) is 30.7 Å². The maximum absolute atomic E-state index is 11.5. The zero-order chi connectivity index (χ0) is 11.9. The molecule has 0 aliphatic heterocycles. The SMILES string of the molecule is O=C(NCc1ccccn1)Nc1ccncc1. The van der Waals surface area contributed by atoms with Crippen LogP contribution in [-0.4, -0.2) is 16.0 Å². The summed E-state index contributed by atoms with van der Waals surface area (Å²) in [4.78, 5) is 19.5. The summed E-state index contributed by atoms with van der Waals surface area (Å²) in [5.41, 5.74) is 1.52. The molecule has 0 aliphatic carbocycles. The Hall–Kier alpha value is -2.43. The fourth-order valence-corrected chi connectivity index (χ4v) is 1.28. The highest BCUT2D eigenvalue weighted by Crippen LogP contribution is 2.02. The average molecular weight is 228 g/mol. The van der Waals surface area contributed by atoms with Crippen LogP contribution >= 0.6 is 0 Å². The molecule has 5 nitrogen and oxygen atoms in total. The third kappa shape index (κ3) is 3.57. The molecule has 2 N–H and O–H groups in total. The molecule has 0 spiro atoms. The number of aromatic nitrogens is 2. The molecule has 0 unspecified atom stereocenters. The van der Waals surface area contributed by atoms with Crippen molar-refractivity contribution < 1.29 is 4.79 Å². The second kappa shape index (κ2) is 5.60. The van der Waals surface area contributed by atoms with Crippen LogP contribution in [0.4, 0.5) is 10.5 Å². The molecule has 0 bridgehead atoms. The lowest BCUT2D eigenvalue weighted by Crippen LogP contribution is -2.28. The molecule has 0 saturated heterocycles. The quantitative estimate of drug-likeness (QED) is 0.841. The zero-order valence-electron chi connectivity index (χ0n) is 9.13. The van der Waals surface area contributed by atoms with E-state index in [2.05, 4.69) is 20.6 Å². The van der Waals surface area contributed by atoms with E-state index in [4.69, 9.17) is 0 Å². The lowest BCUT2D eigenvalue weighted by Gasteiger charge is -2.06. The first-order valence-corrected chi connectivity index (χ1v) is 5.19. The summed E-state index contributed by atoms with van der Waals surface area (Å²) in [6.45, 7) is 0.401. The number of rotatable bonds is 3. The van der Waals surface area contributed by atoms with Crippen molar-refractivity contribution in [1.82, 2.24) is 15.3 Å². The van der Waals surface area contributed by atoms with E-state index >= 15 is 0 Å². The van der Waals surface area contributed by atoms with Crippen molar-refractivity contribution >= 4 is 11.7 Å². The van der Waals surface area contributed by atoms with E-state index in [0.717, 1.165) is 5.69 Å². The summed E-state index contributed by atoms with van der Waals surface area (Å²) < 4.78 is 0. The Balaban J connectivity index is 1.83. The van der Waals surface area contributed by atoms with E-state index in [1.165, 1.54) is 0 Å². The standard InChI is InChI=1S/C12H12N4O/c17-12(16-10-4-7-13-8-5-10)15-9-11-3-1-2-6-14-11/h1-8H,9H2,(H2,13,15,16,17). The topological polar surface area (TPSA) is 66.9 Å². The Morgan fingerprint density at radius 3 is 2.65 bits per heavy atom. The van der Waals surface area contributed by atoms with Crippen molar-refractivity contribution in [3.8, 4) is 0 Å². The highest BCUT2D eigenvalue weighted by molar-refractivity contribution is 5.88. The van der Waals surface area contributed by atoms with Gasteiger partial charge in [-0.1, -0.05) is 6.07 Å². The number of anilines is 1. The lowest BCUT2D eigenvalue weighted by atomic mass is 10.3. The second-order valence-corrected chi connectivity index (χ2v) is 3.36. The molecule has 2 aromatic heterocycles. The maximum Gasteiger partial charge on any atom is 0.319 e. The average Bonchev–Trinajstić information content (AvgIpc) is 2.39. The minimum Gasteiger partial charge on any atom is -0.332 e. The van der Waals surface area contributed by atoms with Crippen molar-refractivity contribution in [2.75, 3.05) is 5.32 Å². The number of amides is 2. The van der Waals surface area contributed by atoms with Gasteiger partial charge in [0.25, 0.3) is 0 Å². The van der Waals surface area contributed by atoms with Crippen LogP contribution in [0.5, 0.6) is 0 Å². The predicted octanol–water partition coefficient (Wildman–Crippen LogP) is 1.80. The van der Waals surface area contributed by atoms with E-state index in [0.29, 0.717) is 12.2 Å². The van der Waals surface area contributed by atoms with Crippen molar-refractivity contribution in [1.29, 1.82) is 0 Å². The van der Waals surface area contributed by atoms with E-state index < -0.39 is 0 Å². The Morgan fingerprint density at radius 2 is 1.94 bits per heavy atom. The number of nitrogens with one attached hydrogen (secondary N) is 2. The molecule has 0 atom stereocenters. The normalized spacial score (nSPS) is 9.65. The van der Waals surface area contributed by atoms with E-state index in [1.807, 2.05) is 18.2 Å². The molecular weight excluding hydrogens is 216 g/mol. The highest BCUT2D eigenvalue weighted by atomic mass is 16.2. The van der Waals surface area contributed by atoms with Gasteiger partial charge in [-0.25, -0.2) is 4.79 Å². The predicted molar refractivity (Wildman–Crippen MR) is 64.3 cm³/mol. The molecular formula is C12H12N4O. The van der Waals surface area contributed by atoms with Crippen molar-refractivity contribution in [3.63, 3.8) is 0 Å². The van der Waals surface area contributed by atoms with E-state index in [9.17, 15) is 4.79 Å². The molecule has 0 aromatic carbocycles. The van der Waals surface area contributed by atoms with Crippen LogP contribution in [0.3, 0.4) is 0 Å². The number of pyridine rings is 2. The van der Waals surface area contributed by atoms with Crippen LogP contribution in [-0.2, 0) is 6.54 Å². The fraction of sp³-hybridized carbons (Fsp3) is 0.0833. The van der Waals surface area contributed by atoms with Gasteiger partial charge in [0.1, 0.15) is 0 Å². The first-order valence-electron chi connectivity index (χ1n) is 5.19. The Bertz CT molecular complexity index is 472. The molecule has 5 heteroatoms. The maximum atomic E-state index is 11.5. The number of carbonyl (C=O) groups is 1. The minimum atomic E-state index is -0.262. The summed E-state index contributed by atoms with van der Waals surface area (Å²) in [7, 11) is 0. The van der Waals surface area contributed by atoms with Crippen LogP contribution < -0.4 is 10.6 Å². The molecule has 0 radical (unpaired) electrons. The molecule has 2 rings (SSSR count). The summed E-state index contributed by atoms with van der Waals surface area (Å²) >= 11 is 0. The minimum absolute atomic E-state index is 0.262. The van der Waals surface area contributed by atoms with Crippen LogP contribution in [0.1, 0.15) is 5.69 Å². The van der Waals surface area contributed by atoms with Crippen LogP contribution in [0.15, 0.2) is 48.9 Å². The van der Waals surface area contributed by atoms with Gasteiger partial charge < -0.3 is 10.6 Å². The molecule has 17 heavy (non-hydrogen) atoms. The molecule has 2 aromatic rings. The molecule has 0 saturated carbocycles. The van der Waals surface area contributed by atoms with Gasteiger partial charge in [-0.05, 0) is 24.3 Å². The first kappa shape index (κ1) is 11.1. The molecule has 2 heterocycles. The van der Waals surface area contributed by atoms with Crippen molar-refractivity contribution in [2.45, 2.75) is 6.54 Å². The monoisotopic (exact) mass is 228 g/mol. The van der Waals surface area contributed by atoms with Gasteiger partial charge in [0.2, 0.25) is 0 Å². The molecule has 0 aliphatic rings. The Labute approximate surface area is 98.9 Å². The summed E-state index contributed by atoms with van der Waals surface area (Å²) in [5, 5.41) is 5.41. The summed E-state index contributed by atoms with van der Waals surface area (Å²) in [6, 6.07) is 8.75. The number of urea groups is 1. The van der Waals surface area contributed by atoms with Gasteiger partial charge >= 0.3 is 6.03 Å². The third-order valence-electron chi connectivity index (χ3n) is 2.09. The van der Waals surface area contributed by atoms with Crippen LogP contribution in [0, 0.1) is 0 Å². The smallest absolute Gasteiger partial charge is 0.319 e. The second-order valence-electron chi connectivity index (χ2n) is 3.36. The van der Waals surface area contributed by atoms with Crippen LogP contribution in [0.25, 0.3) is 0 Å². The van der Waals surface area contributed by atoms with Crippen LogP contribution in [0.2, 0.25) is 0 Å². The van der Waals surface area contributed by atoms with Gasteiger partial charge in [0.05, 0.1) is 12.2 Å². The van der Waals surface area contributed by atoms with Gasteiger partial charge in [-0.15, -0.1) is 0 Å². The highest BCUT2D eigenvalue weighted by Gasteiger charge is 2.01. The van der Waals surface area contributed by atoms with Gasteiger partial charge in [-0.2, -0.15) is 0 Å². The zero-order valence-corrected chi connectivity index (χ0v) is 9.13. The van der Waals surface area contributed by atoms with E-state index in [-0.39, 0.29) is 6.03 Å². The van der Waals surface area contributed by atoms with Crippen molar-refractivity contribution in [3.05, 3.63) is 54.6 Å². The summed E-state index contributed by atoms with van der Waals surface area (Å²) in [6.07, 6.45) is 4.93. The number of hydrogen-bond donors (Lipinski definition) is 2. The third-order valence-corrected chi connectivity index (χ3v) is 2.09. The number of nitrogens with zero attached hydrogens (tertiary/aromatic N) is 2. The molecule has 86 valence electrons. The Kier molecular flexibility index (Phi) is 3.64. The Morgan fingerprint density at radius 1 is 1.12 bits per heavy atom. The van der Waals surface area contributed by atoms with Gasteiger partial charge in [-0.3, -0.25) is 9.97 Å². The lowest BCUT2D eigenvalue weighted by molar-refractivity contribution is 0.251.